The first-order chi connectivity index (χ1) is 26.6. The molecule has 1 fully saturated rings. The van der Waals surface area contributed by atoms with Crippen LogP contribution >= 0.6 is 0 Å². The second-order valence-electron chi connectivity index (χ2n) is 17.9. The molecule has 10 atom stereocenters. The Labute approximate surface area is 343 Å². The zero-order valence-electron chi connectivity index (χ0n) is 37.5. The molecule has 0 spiro atoms. The van der Waals surface area contributed by atoms with Gasteiger partial charge < -0.3 is 35.6 Å². The number of hydrogen-bond acceptors (Lipinski definition) is 9. The highest BCUT2D eigenvalue weighted by Gasteiger charge is 2.43. The molecule has 1 heterocycles. The maximum Gasteiger partial charge on any atom is 0.246 e. The third-order valence-corrected chi connectivity index (χ3v) is 11.5. The van der Waals surface area contributed by atoms with Crippen LogP contribution in [0, 0.1) is 23.7 Å². The first-order valence-electron chi connectivity index (χ1n) is 20.8. The standard InChI is InChI=1S/C44H76N6O7/c1-15-28(4)39(49(12)43(55)37(30(6)45)46-42(54)38(27(2)3)48(10)11)35(56-13)26-36(52)50-23-19-22-33(50)40(57-14)29(5)34(51)25-32(41(53)47-44(7,8)9)24-31-20-17-16-18-21-31/h16-18,20-21,27-30,32-33,35,37-40H,15,19,22-26,45H2,1-14H3,(H,46,54)(H,47,53)/t28-,29-,30-,32+,33-,35+,37-,38-,39-,40+/m0/s1. The van der Waals surface area contributed by atoms with Crippen LogP contribution in [0.3, 0.4) is 0 Å². The molecule has 0 aliphatic carbocycles. The number of Topliss-reactive ketones (excluding diaryl/α,β-unsaturated/α-hetero) is 1. The average Bonchev–Trinajstić information content (AvgIpc) is 3.62. The smallest absolute Gasteiger partial charge is 0.246 e. The Balaban J connectivity index is 2.32. The van der Waals surface area contributed by atoms with E-state index in [0.717, 1.165) is 12.0 Å². The van der Waals surface area contributed by atoms with E-state index in [0.29, 0.717) is 25.8 Å². The number of methoxy groups -OCH3 is 2. The summed E-state index contributed by atoms with van der Waals surface area (Å²) in [5.74, 6) is -2.28. The summed E-state index contributed by atoms with van der Waals surface area (Å²) < 4.78 is 12.0. The first kappa shape index (κ1) is 49.8. The molecular formula is C44H76N6O7. The topological polar surface area (TPSA) is 164 Å². The highest BCUT2D eigenvalue weighted by molar-refractivity contribution is 5.91. The van der Waals surface area contributed by atoms with Gasteiger partial charge in [0.05, 0.1) is 36.8 Å². The van der Waals surface area contributed by atoms with E-state index in [1.54, 1.807) is 38.0 Å². The van der Waals surface area contributed by atoms with Gasteiger partial charge in [-0.3, -0.25) is 28.9 Å². The fraction of sp³-hybridized carbons (Fsp3) is 0.750. The number of carbonyl (C=O) groups excluding carboxylic acids is 5. The van der Waals surface area contributed by atoms with Gasteiger partial charge in [-0.1, -0.05) is 71.4 Å². The van der Waals surface area contributed by atoms with Gasteiger partial charge in [0, 0.05) is 57.6 Å². The molecule has 0 saturated carbocycles. The largest absolute Gasteiger partial charge is 0.379 e. The van der Waals surface area contributed by atoms with Gasteiger partial charge in [-0.15, -0.1) is 0 Å². The minimum Gasteiger partial charge on any atom is -0.379 e. The zero-order valence-corrected chi connectivity index (χ0v) is 37.5. The van der Waals surface area contributed by atoms with E-state index in [1.807, 2.05) is 105 Å². The Morgan fingerprint density at radius 2 is 1.54 bits per heavy atom. The number of carbonyl (C=O) groups is 5. The summed E-state index contributed by atoms with van der Waals surface area (Å²) in [6, 6.07) is 6.70. The lowest BCUT2D eigenvalue weighted by Gasteiger charge is -2.41. The fourth-order valence-corrected chi connectivity index (χ4v) is 8.41. The van der Waals surface area contributed by atoms with Gasteiger partial charge in [0.25, 0.3) is 0 Å². The summed E-state index contributed by atoms with van der Waals surface area (Å²) in [5, 5.41) is 5.98. The number of nitrogens with one attached hydrogen (secondary N) is 2. The van der Waals surface area contributed by atoms with Crippen LogP contribution in [0.15, 0.2) is 30.3 Å². The normalized spacial score (nSPS) is 19.5. The van der Waals surface area contributed by atoms with Crippen LogP contribution in [0.2, 0.25) is 0 Å². The Bertz CT molecular complexity index is 1440. The lowest BCUT2D eigenvalue weighted by atomic mass is 9.85. The van der Waals surface area contributed by atoms with Crippen molar-refractivity contribution in [2.45, 2.75) is 149 Å². The van der Waals surface area contributed by atoms with Crippen molar-refractivity contribution < 1.29 is 33.4 Å². The monoisotopic (exact) mass is 801 g/mol. The highest BCUT2D eigenvalue weighted by Crippen LogP contribution is 2.31. The summed E-state index contributed by atoms with van der Waals surface area (Å²) in [6.07, 6.45) is 1.31. The molecule has 57 heavy (non-hydrogen) atoms. The number of amides is 4. The van der Waals surface area contributed by atoms with E-state index in [1.165, 1.54) is 0 Å². The summed E-state index contributed by atoms with van der Waals surface area (Å²) in [7, 11) is 8.45. The minimum atomic E-state index is -0.986. The molecule has 4 N–H and O–H groups in total. The van der Waals surface area contributed by atoms with Crippen LogP contribution in [0.4, 0.5) is 0 Å². The van der Waals surface area contributed by atoms with Crippen LogP contribution < -0.4 is 16.4 Å². The number of nitrogens with zero attached hydrogens (tertiary/aromatic N) is 3. The number of ketones is 1. The van der Waals surface area contributed by atoms with Gasteiger partial charge in [0.2, 0.25) is 23.6 Å². The van der Waals surface area contributed by atoms with Gasteiger partial charge in [0.1, 0.15) is 11.8 Å². The SMILES string of the molecule is CC[C@H](C)[C@@H]([C@@H](CC(=O)N1CCC[C@H]1[C@H](OC)[C@@H](C)C(=O)C[C@@H](Cc1ccccc1)C(=O)NC(C)(C)C)OC)N(C)C(=O)[C@@H](NC(=O)[C@H](C(C)C)N(C)C)[C@H](C)N. The Morgan fingerprint density at radius 1 is 0.930 bits per heavy atom. The van der Waals surface area contributed by atoms with E-state index in [-0.39, 0.29) is 60.1 Å². The van der Waals surface area contributed by atoms with Gasteiger partial charge >= 0.3 is 0 Å². The maximum absolute atomic E-state index is 14.3. The average molecular weight is 801 g/mol. The van der Waals surface area contributed by atoms with Crippen LogP contribution in [-0.2, 0) is 39.9 Å². The summed E-state index contributed by atoms with van der Waals surface area (Å²) in [4.78, 5) is 74.7. The molecule has 1 aliphatic heterocycles. The van der Waals surface area contributed by atoms with Crippen LogP contribution in [0.5, 0.6) is 0 Å². The van der Waals surface area contributed by atoms with Crippen LogP contribution in [-0.4, -0.2) is 134 Å². The number of likely N-dealkylation sites (N-methyl/N-ethyl adjacent to an activating group) is 2. The van der Waals surface area contributed by atoms with Crippen molar-refractivity contribution in [2.75, 3.05) is 41.9 Å². The predicted molar refractivity (Wildman–Crippen MR) is 225 cm³/mol. The van der Waals surface area contributed by atoms with E-state index >= 15 is 0 Å². The molecular weight excluding hydrogens is 725 g/mol. The number of hydrogen-bond donors (Lipinski definition) is 3. The molecule has 0 aromatic heterocycles. The second kappa shape index (κ2) is 22.7. The molecule has 1 aromatic rings. The molecule has 0 bridgehead atoms. The molecule has 13 heteroatoms. The number of ether oxygens (including phenoxy) is 2. The lowest BCUT2D eigenvalue weighted by Crippen LogP contribution is -2.62. The third-order valence-electron chi connectivity index (χ3n) is 11.5. The number of likely N-dealkylation sites (tertiary alicyclic amines) is 1. The van der Waals surface area contributed by atoms with E-state index in [2.05, 4.69) is 10.6 Å². The zero-order chi connectivity index (χ0) is 43.4. The summed E-state index contributed by atoms with van der Waals surface area (Å²) >= 11 is 0. The van der Waals surface area contributed by atoms with Crippen LogP contribution in [0.1, 0.15) is 100.0 Å². The van der Waals surface area contributed by atoms with Gasteiger partial charge in [-0.2, -0.15) is 0 Å². The van der Waals surface area contributed by atoms with Crippen molar-refractivity contribution in [3.8, 4) is 0 Å². The molecule has 13 nitrogen and oxygen atoms in total. The number of nitrogens with two attached hydrogens (primary N) is 1. The molecule has 1 saturated heterocycles. The summed E-state index contributed by atoms with van der Waals surface area (Å²) in [5.41, 5.74) is 6.85. The van der Waals surface area contributed by atoms with Crippen molar-refractivity contribution in [1.29, 1.82) is 0 Å². The molecule has 1 aromatic carbocycles. The van der Waals surface area contributed by atoms with E-state index < -0.39 is 53.8 Å². The molecule has 0 radical (unpaired) electrons. The highest BCUT2D eigenvalue weighted by atomic mass is 16.5. The molecule has 324 valence electrons. The maximum atomic E-state index is 14.3. The van der Waals surface area contributed by atoms with Gasteiger partial charge in [-0.05, 0) is 78.5 Å². The molecule has 0 unspecified atom stereocenters. The van der Waals surface area contributed by atoms with Crippen LogP contribution in [0.25, 0.3) is 0 Å². The Hall–Kier alpha value is -3.39. The number of rotatable bonds is 22. The molecule has 2 rings (SSSR count). The van der Waals surface area contributed by atoms with Gasteiger partial charge in [0.15, 0.2) is 0 Å². The number of benzene rings is 1. The fourth-order valence-electron chi connectivity index (χ4n) is 8.41. The predicted octanol–water partition coefficient (Wildman–Crippen LogP) is 4.06. The van der Waals surface area contributed by atoms with E-state index in [4.69, 9.17) is 15.2 Å². The van der Waals surface area contributed by atoms with Crippen molar-refractivity contribution in [3.63, 3.8) is 0 Å². The third kappa shape index (κ3) is 14.1. The second-order valence-corrected chi connectivity index (χ2v) is 17.9. The molecule has 4 amide bonds. The minimum absolute atomic E-state index is 0.00280. The van der Waals surface area contributed by atoms with Crippen molar-refractivity contribution in [1.82, 2.24) is 25.3 Å². The van der Waals surface area contributed by atoms with Crippen molar-refractivity contribution in [2.24, 2.45) is 29.4 Å². The lowest BCUT2D eigenvalue weighted by molar-refractivity contribution is -0.147. The van der Waals surface area contributed by atoms with Crippen molar-refractivity contribution in [3.05, 3.63) is 35.9 Å². The first-order valence-corrected chi connectivity index (χ1v) is 20.8. The molecule has 1 aliphatic rings. The van der Waals surface area contributed by atoms with Gasteiger partial charge in [-0.25, -0.2) is 0 Å². The van der Waals surface area contributed by atoms with Crippen molar-refractivity contribution >= 4 is 29.4 Å². The quantitative estimate of drug-likeness (QED) is 0.157. The Kier molecular flexibility index (Phi) is 19.8. The summed E-state index contributed by atoms with van der Waals surface area (Å²) in [6.45, 7) is 17.7. The van der Waals surface area contributed by atoms with E-state index in [9.17, 15) is 24.0 Å². The Morgan fingerprint density at radius 3 is 2.04 bits per heavy atom.